The van der Waals surface area contributed by atoms with Crippen molar-refractivity contribution in [1.29, 1.82) is 0 Å². The normalized spacial score (nSPS) is 13.1. The van der Waals surface area contributed by atoms with Crippen LogP contribution in [-0.4, -0.2) is 42.4 Å². The van der Waals surface area contributed by atoms with Crippen LogP contribution in [0.4, 0.5) is 0 Å². The molecule has 0 atom stereocenters. The fourth-order valence-corrected chi connectivity index (χ4v) is 17.3. The van der Waals surface area contributed by atoms with Crippen LogP contribution in [0.5, 0.6) is 0 Å². The van der Waals surface area contributed by atoms with E-state index in [0.717, 1.165) is 103 Å². The topological polar surface area (TPSA) is 123 Å². The van der Waals surface area contributed by atoms with Gasteiger partial charge < -0.3 is 15.1 Å². The van der Waals surface area contributed by atoms with Gasteiger partial charge in [-0.3, -0.25) is 24.4 Å². The largest absolute Gasteiger partial charge is 0.512 e. The third-order valence-electron chi connectivity index (χ3n) is 25.8. The molecule has 1 radical (unpaired) electrons. The van der Waals surface area contributed by atoms with Crippen molar-refractivity contribution >= 4 is 60.4 Å². The number of aliphatic hydroxyl groups is 1. The Kier molecular flexibility index (Phi) is 36.6. The predicted octanol–water partition coefficient (Wildman–Crippen LogP) is 31.3. The Bertz CT molecular complexity index is 5120. The molecule has 8 nitrogen and oxygen atoms in total. The van der Waals surface area contributed by atoms with E-state index in [9.17, 15) is 19.5 Å². The molecule has 4 heterocycles. The maximum atomic E-state index is 12.1. The van der Waals surface area contributed by atoms with E-state index in [1.54, 1.807) is 0 Å². The third kappa shape index (κ3) is 25.9. The van der Waals surface area contributed by atoms with Gasteiger partial charge in [0.25, 0.3) is 0 Å². The molecule has 2 fully saturated rings. The molecule has 14 rings (SSSR count). The second-order valence-electron chi connectivity index (χ2n) is 35.7. The number of fused-ring (bicyclic) bond motifs is 4. The molecule has 641 valence electrons. The molecule has 8 aromatic carbocycles. The summed E-state index contributed by atoms with van der Waals surface area (Å²) in [5.41, 5.74) is 24.0. The zero-order chi connectivity index (χ0) is 87.1. The predicted molar refractivity (Wildman–Crippen MR) is 511 cm³/mol. The van der Waals surface area contributed by atoms with Crippen molar-refractivity contribution in [3.8, 4) is 45.0 Å². The van der Waals surface area contributed by atoms with Crippen molar-refractivity contribution in [1.82, 2.24) is 19.9 Å². The number of rotatable bonds is 23. The molecule has 9 heteroatoms. The minimum atomic E-state index is -0.319. The molecule has 2 aliphatic rings. The monoisotopic (exact) mass is 1800 g/mol. The van der Waals surface area contributed by atoms with Crippen molar-refractivity contribution in [2.75, 3.05) is 0 Å². The van der Waals surface area contributed by atoms with Crippen molar-refractivity contribution < 1.29 is 39.6 Å². The number of nitrogens with zero attached hydrogens (tertiary/aromatic N) is 4. The van der Waals surface area contributed by atoms with Crippen LogP contribution >= 0.6 is 0 Å². The number of aryl methyl sites for hydroxylation is 8. The Hall–Kier alpha value is -9.40. The first-order valence-corrected chi connectivity index (χ1v) is 45.1. The van der Waals surface area contributed by atoms with Crippen molar-refractivity contribution in [2.24, 2.45) is 22.7 Å². The van der Waals surface area contributed by atoms with E-state index < -0.39 is 0 Å². The molecule has 0 bridgehead atoms. The van der Waals surface area contributed by atoms with Gasteiger partial charge in [0.1, 0.15) is 11.6 Å². The van der Waals surface area contributed by atoms with Gasteiger partial charge in [-0.25, -0.2) is 0 Å². The minimum absolute atomic E-state index is 0. The number of ketones is 3. The Morgan fingerprint density at radius 3 is 1.06 bits per heavy atom. The number of hydrogen-bond donors (Lipinski definition) is 1. The molecule has 121 heavy (non-hydrogen) atoms. The first kappa shape index (κ1) is 97.1. The number of Topliss-reactive ketones (excluding diaryl/α,β-unsaturated/α-hetero) is 2. The van der Waals surface area contributed by atoms with E-state index in [4.69, 9.17) is 0 Å². The number of allylic oxidation sites excluding steroid dienone is 2. The number of hydrogen-bond acceptors (Lipinski definition) is 8. The van der Waals surface area contributed by atoms with Crippen LogP contribution in [-0.2, 0) is 34.5 Å². The van der Waals surface area contributed by atoms with Crippen LogP contribution in [0.3, 0.4) is 0 Å². The molecule has 0 amide bonds. The number of aromatic nitrogens is 4. The molecule has 0 unspecified atom stereocenters. The molecule has 1 N–H and O–H groups in total. The first-order chi connectivity index (χ1) is 57.4. The van der Waals surface area contributed by atoms with Crippen LogP contribution in [0.25, 0.3) is 88.1 Å². The van der Waals surface area contributed by atoms with Crippen molar-refractivity contribution in [2.45, 2.75) is 285 Å². The van der Waals surface area contributed by atoms with E-state index >= 15 is 0 Å². The standard InChI is InChI=1S/C22H23N.C22H22N.C20H21N.C20H20N.2C14H26O2.Ir/c2*1-15-11-16(2)13-20(12-15)22-21-8-7-18(17-5-3-4-6-17)14-19(21)9-10-23-22;2*1-13(2)16-5-6-19-17(12-16)7-8-21-20(19)18-10-14(3)9-15(4)11-18;2*1-6-11(7-2)12(15)10-13(16)14(5,8-3)9-4;/h7-14,17H,3-6H2,1-2H3;7-12,14,17H,3-6H2,1-2H3;5-13H,1-4H3;5-10,12-13H,1-4H3;11H,6-10H2,1-5H3;10-11,15H,6-9H2,1-5H3;/q;-1;;-1;;;. The number of aliphatic hydroxyl groups excluding tert-OH is 1. The van der Waals surface area contributed by atoms with Gasteiger partial charge in [-0.2, -0.15) is 0 Å². The molecular formula is C112H138IrN4O4-2. The maximum absolute atomic E-state index is 12.1. The molecule has 0 saturated heterocycles. The van der Waals surface area contributed by atoms with Gasteiger partial charge in [0.15, 0.2) is 5.78 Å². The van der Waals surface area contributed by atoms with Gasteiger partial charge in [-0.15, -0.1) is 69.8 Å². The SMILES string of the molecule is CCC(CC)C(=O)CC(=O)C(C)(CC)CC.CCC(CC)C(O)=CC(=O)C(C)(CC)CC.Cc1[c-]c(-c2nccc3cc(C(C)C)ccc23)cc(C)c1.Cc1[c-]c(-c2nccc3cc(C4CCCC4)ccc23)cc(C)c1.Cc1cc(C)cc(-c2nccc3cc(C(C)C)ccc23)c1.Cc1cc(C)cc(-c2nccc3cc(C4CCCC4)ccc23)c1.[Ir]. The number of pyridine rings is 4. The van der Waals surface area contributed by atoms with Crippen LogP contribution < -0.4 is 0 Å². The van der Waals surface area contributed by atoms with E-state index in [0.29, 0.717) is 11.8 Å². The second-order valence-corrected chi connectivity index (χ2v) is 35.7. The van der Waals surface area contributed by atoms with E-state index in [-0.39, 0.29) is 72.3 Å². The van der Waals surface area contributed by atoms with Gasteiger partial charge >= 0.3 is 0 Å². The minimum Gasteiger partial charge on any atom is -0.512 e. The quantitative estimate of drug-likeness (QED) is 0.0291. The molecular weight excluding hydrogens is 1660 g/mol. The van der Waals surface area contributed by atoms with E-state index in [1.807, 2.05) is 94.0 Å². The molecule has 2 aliphatic carbocycles. The smallest absolute Gasteiger partial charge is 0.164 e. The van der Waals surface area contributed by atoms with Crippen LogP contribution in [0, 0.1) is 90.2 Å². The average Bonchev–Trinajstić information content (AvgIpc) is 1.70. The van der Waals surface area contributed by atoms with E-state index in [1.165, 1.54) is 173 Å². The molecule has 0 aliphatic heterocycles. The van der Waals surface area contributed by atoms with Gasteiger partial charge in [-0.1, -0.05) is 257 Å². The summed E-state index contributed by atoms with van der Waals surface area (Å²) in [6, 6.07) is 64.7. The van der Waals surface area contributed by atoms with Crippen molar-refractivity contribution in [3.05, 3.63) is 273 Å². The van der Waals surface area contributed by atoms with Crippen LogP contribution in [0.15, 0.2) is 194 Å². The molecule has 4 aromatic heterocycles. The zero-order valence-electron chi connectivity index (χ0n) is 77.2. The maximum Gasteiger partial charge on any atom is 0.164 e. The summed E-state index contributed by atoms with van der Waals surface area (Å²) in [4.78, 5) is 54.5. The Morgan fingerprint density at radius 1 is 0.405 bits per heavy atom. The fraction of sp³-hybridized carbons (Fsp3) is 0.420. The molecule has 0 spiro atoms. The number of benzene rings is 8. The van der Waals surface area contributed by atoms with E-state index in [2.05, 4.69) is 273 Å². The Labute approximate surface area is 740 Å². The summed E-state index contributed by atoms with van der Waals surface area (Å²) in [5.74, 6) is 3.36. The molecule has 12 aromatic rings. The number of carbonyl (C=O) groups is 3. The fourth-order valence-electron chi connectivity index (χ4n) is 17.3. The number of carbonyl (C=O) groups excluding carboxylic acids is 3. The third-order valence-corrected chi connectivity index (χ3v) is 25.8. The van der Waals surface area contributed by atoms with Gasteiger partial charge in [-0.05, 0) is 243 Å². The van der Waals surface area contributed by atoms with Crippen molar-refractivity contribution in [3.63, 3.8) is 0 Å². The summed E-state index contributed by atoms with van der Waals surface area (Å²) >= 11 is 0. The van der Waals surface area contributed by atoms with Crippen LogP contribution in [0.1, 0.15) is 297 Å². The van der Waals surface area contributed by atoms with Gasteiger partial charge in [0.2, 0.25) is 0 Å². The van der Waals surface area contributed by atoms with Crippen LogP contribution in [0.2, 0.25) is 0 Å². The van der Waals surface area contributed by atoms with Gasteiger partial charge in [0.05, 0.1) is 23.6 Å². The first-order valence-electron chi connectivity index (χ1n) is 45.1. The summed E-state index contributed by atoms with van der Waals surface area (Å²) in [7, 11) is 0. The van der Waals surface area contributed by atoms with Gasteiger partial charge in [0, 0.05) is 95.5 Å². The second kappa shape index (κ2) is 45.6. The molecule has 2 saturated carbocycles. The average molecular weight is 1800 g/mol. The summed E-state index contributed by atoms with van der Waals surface area (Å²) in [5, 5.41) is 19.9. The summed E-state index contributed by atoms with van der Waals surface area (Å²) < 4.78 is 0. The summed E-state index contributed by atoms with van der Waals surface area (Å²) in [6.07, 6.45) is 26.9. The Balaban J connectivity index is 0.000000182. The zero-order valence-corrected chi connectivity index (χ0v) is 79.6. The Morgan fingerprint density at radius 2 is 0.727 bits per heavy atom. The summed E-state index contributed by atoms with van der Waals surface area (Å²) in [6.45, 7) is 46.0.